The van der Waals surface area contributed by atoms with E-state index in [1.54, 1.807) is 0 Å². The van der Waals surface area contributed by atoms with Crippen LogP contribution in [0.4, 0.5) is 0 Å². The second-order valence-electron chi connectivity index (χ2n) is 4.83. The summed E-state index contributed by atoms with van der Waals surface area (Å²) in [7, 11) is 2.23. The standard InChI is InChI=1S/C12H27N3/c1-12-11-15(10-9-14(12)2)8-6-4-3-5-7-13/h12H,3-11,13H2,1-2H3. The molecule has 0 amide bonds. The van der Waals surface area contributed by atoms with Crippen LogP contribution in [0.2, 0.25) is 0 Å². The maximum absolute atomic E-state index is 5.47. The van der Waals surface area contributed by atoms with Gasteiger partial charge in [-0.15, -0.1) is 0 Å². The summed E-state index contributed by atoms with van der Waals surface area (Å²) in [5.74, 6) is 0. The third-order valence-corrected chi connectivity index (χ3v) is 3.47. The third kappa shape index (κ3) is 4.96. The number of likely N-dealkylation sites (N-methyl/N-ethyl adjacent to an activating group) is 1. The van der Waals surface area contributed by atoms with Crippen LogP contribution in [0.3, 0.4) is 0 Å². The van der Waals surface area contributed by atoms with Gasteiger partial charge in [0.2, 0.25) is 0 Å². The molecule has 15 heavy (non-hydrogen) atoms. The molecule has 1 heterocycles. The van der Waals surface area contributed by atoms with Crippen LogP contribution in [0.25, 0.3) is 0 Å². The topological polar surface area (TPSA) is 32.5 Å². The molecule has 0 aliphatic carbocycles. The Labute approximate surface area is 94.6 Å². The fourth-order valence-corrected chi connectivity index (χ4v) is 2.16. The predicted molar refractivity (Wildman–Crippen MR) is 66.1 cm³/mol. The summed E-state index contributed by atoms with van der Waals surface area (Å²) in [5, 5.41) is 0. The maximum Gasteiger partial charge on any atom is 0.0192 e. The van der Waals surface area contributed by atoms with Gasteiger partial charge in [0.05, 0.1) is 0 Å². The van der Waals surface area contributed by atoms with Crippen LogP contribution in [0, 0.1) is 0 Å². The number of unbranched alkanes of at least 4 members (excludes halogenated alkanes) is 3. The van der Waals surface area contributed by atoms with Crippen molar-refractivity contribution in [2.24, 2.45) is 5.73 Å². The van der Waals surface area contributed by atoms with Crippen LogP contribution in [0.15, 0.2) is 0 Å². The van der Waals surface area contributed by atoms with Crippen molar-refractivity contribution in [2.75, 3.05) is 39.8 Å². The normalized spacial score (nSPS) is 24.6. The zero-order chi connectivity index (χ0) is 11.1. The second-order valence-corrected chi connectivity index (χ2v) is 4.83. The molecule has 0 radical (unpaired) electrons. The lowest BCUT2D eigenvalue weighted by molar-refractivity contribution is 0.104. The van der Waals surface area contributed by atoms with Crippen LogP contribution in [-0.4, -0.2) is 55.6 Å². The number of nitrogens with zero attached hydrogens (tertiary/aromatic N) is 2. The Hall–Kier alpha value is -0.120. The molecule has 2 N–H and O–H groups in total. The quantitative estimate of drug-likeness (QED) is 0.672. The van der Waals surface area contributed by atoms with Gasteiger partial charge in [-0.2, -0.15) is 0 Å². The lowest BCUT2D eigenvalue weighted by atomic mass is 10.1. The summed E-state index contributed by atoms with van der Waals surface area (Å²) < 4.78 is 0. The highest BCUT2D eigenvalue weighted by Crippen LogP contribution is 2.08. The first-order valence-electron chi connectivity index (χ1n) is 6.36. The van der Waals surface area contributed by atoms with E-state index in [4.69, 9.17) is 5.73 Å². The van der Waals surface area contributed by atoms with Crippen molar-refractivity contribution in [2.45, 2.75) is 38.6 Å². The van der Waals surface area contributed by atoms with Crippen LogP contribution in [0.5, 0.6) is 0 Å². The summed E-state index contributed by atoms with van der Waals surface area (Å²) in [6.45, 7) is 8.17. The summed E-state index contributed by atoms with van der Waals surface area (Å²) >= 11 is 0. The molecule has 90 valence electrons. The third-order valence-electron chi connectivity index (χ3n) is 3.47. The Bertz CT molecular complexity index is 161. The number of hydrogen-bond acceptors (Lipinski definition) is 3. The van der Waals surface area contributed by atoms with E-state index in [-0.39, 0.29) is 0 Å². The van der Waals surface area contributed by atoms with Gasteiger partial charge in [-0.05, 0) is 39.9 Å². The van der Waals surface area contributed by atoms with Crippen LogP contribution in [-0.2, 0) is 0 Å². The Kier molecular flexibility index (Phi) is 6.22. The number of piperazine rings is 1. The molecule has 0 aromatic heterocycles. The van der Waals surface area contributed by atoms with Crippen LogP contribution >= 0.6 is 0 Å². The molecule has 1 rings (SSSR count). The maximum atomic E-state index is 5.47. The Morgan fingerprint density at radius 3 is 2.53 bits per heavy atom. The summed E-state index contributed by atoms with van der Waals surface area (Å²) in [6, 6.07) is 0.725. The average molecular weight is 213 g/mol. The molecule has 0 aromatic carbocycles. The van der Waals surface area contributed by atoms with Gasteiger partial charge in [0, 0.05) is 25.7 Å². The van der Waals surface area contributed by atoms with E-state index < -0.39 is 0 Å². The van der Waals surface area contributed by atoms with Crippen molar-refractivity contribution in [1.29, 1.82) is 0 Å². The van der Waals surface area contributed by atoms with Gasteiger partial charge in [-0.3, -0.25) is 0 Å². The molecular formula is C12H27N3. The fourth-order valence-electron chi connectivity index (χ4n) is 2.16. The summed E-state index contributed by atoms with van der Waals surface area (Å²) in [4.78, 5) is 5.05. The molecule has 0 saturated carbocycles. The number of nitrogens with two attached hydrogens (primary N) is 1. The molecule has 3 heteroatoms. The Morgan fingerprint density at radius 2 is 1.87 bits per heavy atom. The molecule has 1 saturated heterocycles. The van der Waals surface area contributed by atoms with Crippen molar-refractivity contribution in [3.63, 3.8) is 0 Å². The summed E-state index contributed by atoms with van der Waals surface area (Å²) in [5.41, 5.74) is 5.47. The zero-order valence-corrected chi connectivity index (χ0v) is 10.4. The highest BCUT2D eigenvalue weighted by molar-refractivity contribution is 4.76. The molecule has 0 aromatic rings. The molecule has 3 nitrogen and oxygen atoms in total. The first-order chi connectivity index (χ1) is 7.24. The second kappa shape index (κ2) is 7.20. The van der Waals surface area contributed by atoms with Gasteiger partial charge < -0.3 is 15.5 Å². The van der Waals surface area contributed by atoms with E-state index >= 15 is 0 Å². The van der Waals surface area contributed by atoms with Crippen molar-refractivity contribution in [3.05, 3.63) is 0 Å². The molecule has 1 aliphatic rings. The van der Waals surface area contributed by atoms with Gasteiger partial charge in [0.25, 0.3) is 0 Å². The number of hydrogen-bond donors (Lipinski definition) is 1. The van der Waals surface area contributed by atoms with Crippen molar-refractivity contribution in [3.8, 4) is 0 Å². The molecule has 1 fully saturated rings. The van der Waals surface area contributed by atoms with E-state index in [0.717, 1.165) is 12.6 Å². The predicted octanol–water partition coefficient (Wildman–Crippen LogP) is 1.14. The fraction of sp³-hybridized carbons (Fsp3) is 1.00. The smallest absolute Gasteiger partial charge is 0.0192 e. The molecular weight excluding hydrogens is 186 g/mol. The van der Waals surface area contributed by atoms with E-state index in [1.807, 2.05) is 0 Å². The largest absolute Gasteiger partial charge is 0.330 e. The minimum absolute atomic E-state index is 0.725. The van der Waals surface area contributed by atoms with Crippen molar-refractivity contribution < 1.29 is 0 Å². The molecule has 0 spiro atoms. The highest BCUT2D eigenvalue weighted by atomic mass is 15.3. The average Bonchev–Trinajstić information content (AvgIpc) is 2.23. The summed E-state index contributed by atoms with van der Waals surface area (Å²) in [6.07, 6.45) is 5.19. The van der Waals surface area contributed by atoms with Gasteiger partial charge in [-0.25, -0.2) is 0 Å². The van der Waals surface area contributed by atoms with Gasteiger partial charge >= 0.3 is 0 Å². The van der Waals surface area contributed by atoms with Crippen LogP contribution < -0.4 is 5.73 Å². The molecule has 1 atom stereocenters. The monoisotopic (exact) mass is 213 g/mol. The molecule has 1 unspecified atom stereocenters. The number of rotatable bonds is 6. The molecule has 1 aliphatic heterocycles. The van der Waals surface area contributed by atoms with E-state index in [0.29, 0.717) is 0 Å². The first kappa shape index (κ1) is 12.9. The minimum atomic E-state index is 0.725. The van der Waals surface area contributed by atoms with Gasteiger partial charge in [-0.1, -0.05) is 12.8 Å². The lowest BCUT2D eigenvalue weighted by Gasteiger charge is -2.37. The van der Waals surface area contributed by atoms with Gasteiger partial charge in [0.15, 0.2) is 0 Å². The first-order valence-corrected chi connectivity index (χ1v) is 6.36. The van der Waals surface area contributed by atoms with Gasteiger partial charge in [0.1, 0.15) is 0 Å². The van der Waals surface area contributed by atoms with Crippen LogP contribution in [0.1, 0.15) is 32.6 Å². The minimum Gasteiger partial charge on any atom is -0.330 e. The Morgan fingerprint density at radius 1 is 1.13 bits per heavy atom. The zero-order valence-electron chi connectivity index (χ0n) is 10.4. The lowest BCUT2D eigenvalue weighted by Crippen LogP contribution is -2.50. The van der Waals surface area contributed by atoms with Crippen molar-refractivity contribution >= 4 is 0 Å². The van der Waals surface area contributed by atoms with E-state index in [2.05, 4.69) is 23.8 Å². The van der Waals surface area contributed by atoms with E-state index in [1.165, 1.54) is 51.9 Å². The van der Waals surface area contributed by atoms with Crippen molar-refractivity contribution in [1.82, 2.24) is 9.80 Å². The van der Waals surface area contributed by atoms with E-state index in [9.17, 15) is 0 Å². The SMILES string of the molecule is CC1CN(CCCCCCN)CCN1C. The molecule has 0 bridgehead atoms. The Balaban J connectivity index is 2.02. The highest BCUT2D eigenvalue weighted by Gasteiger charge is 2.19.